The Bertz CT molecular complexity index is 1090. The van der Waals surface area contributed by atoms with Gasteiger partial charge in [0, 0.05) is 30.7 Å². The summed E-state index contributed by atoms with van der Waals surface area (Å²) in [7, 11) is 0. The highest BCUT2D eigenvalue weighted by Gasteiger charge is 2.45. The molecule has 1 aromatic carbocycles. The molecule has 2 amide bonds. The summed E-state index contributed by atoms with van der Waals surface area (Å²) in [5, 5.41) is 4.98. The summed E-state index contributed by atoms with van der Waals surface area (Å²) in [5.41, 5.74) is 12.1. The molecule has 0 aliphatic carbocycles. The highest BCUT2D eigenvalue weighted by atomic mass is 32.1. The number of nitrogens with two attached hydrogens (primary N) is 2. The molecule has 2 aliphatic heterocycles. The van der Waals surface area contributed by atoms with Crippen LogP contribution < -0.4 is 16.8 Å². The molecule has 2 fully saturated rings. The predicted molar refractivity (Wildman–Crippen MR) is 143 cm³/mol. The fourth-order valence-corrected chi connectivity index (χ4v) is 5.82. The number of carbonyl (C=O) groups excluding carboxylic acids is 3. The number of benzene rings is 1. The fourth-order valence-electron chi connectivity index (χ4n) is 5.19. The average Bonchev–Trinajstić information content (AvgIpc) is 3.57. The first-order valence-corrected chi connectivity index (χ1v) is 13.7. The second-order valence-corrected chi connectivity index (χ2v) is 10.5. The minimum atomic E-state index is -0.749. The fraction of sp³-hybridized carbons (Fsp3) is 0.500. The minimum Gasteiger partial charge on any atom is -0.370 e. The number of carbonyl (C=O) groups is 3. The number of hydrogen-bond acceptors (Lipinski definition) is 7. The molecule has 3 heterocycles. The average molecular weight is 526 g/mol. The molecule has 198 valence electrons. The molecule has 1 aromatic heterocycles. The number of ketones is 1. The van der Waals surface area contributed by atoms with Crippen LogP contribution in [-0.2, 0) is 16.0 Å². The van der Waals surface area contributed by atoms with E-state index in [4.69, 9.17) is 11.5 Å². The van der Waals surface area contributed by atoms with Gasteiger partial charge in [0.05, 0.1) is 12.6 Å². The Balaban J connectivity index is 1.33. The highest BCUT2D eigenvalue weighted by molar-refractivity contribution is 7.11. The molecule has 0 saturated carbocycles. The van der Waals surface area contributed by atoms with Gasteiger partial charge in [-0.2, -0.15) is 0 Å². The summed E-state index contributed by atoms with van der Waals surface area (Å²) in [6, 6.07) is 9.05. The number of amides is 2. The van der Waals surface area contributed by atoms with Crippen molar-refractivity contribution in [1.82, 2.24) is 20.1 Å². The van der Waals surface area contributed by atoms with Crippen molar-refractivity contribution in [2.24, 2.45) is 16.5 Å². The van der Waals surface area contributed by atoms with Crippen molar-refractivity contribution >= 4 is 34.9 Å². The van der Waals surface area contributed by atoms with Crippen LogP contribution in [0.15, 0.2) is 46.9 Å². The monoisotopic (exact) mass is 525 g/mol. The molecular weight excluding hydrogens is 490 g/mol. The molecule has 0 bridgehead atoms. The van der Waals surface area contributed by atoms with E-state index in [1.807, 2.05) is 18.2 Å². The molecule has 10 nitrogen and oxygen atoms in total. The number of nitrogens with zero attached hydrogens (tertiary/aromatic N) is 4. The summed E-state index contributed by atoms with van der Waals surface area (Å²) in [6.45, 7) is 2.29. The van der Waals surface area contributed by atoms with Gasteiger partial charge in [-0.1, -0.05) is 30.3 Å². The van der Waals surface area contributed by atoms with Gasteiger partial charge in [-0.05, 0) is 50.6 Å². The molecule has 0 spiro atoms. The van der Waals surface area contributed by atoms with Crippen LogP contribution in [0.3, 0.4) is 0 Å². The Morgan fingerprint density at radius 1 is 1.19 bits per heavy atom. The maximum Gasteiger partial charge on any atom is 0.243 e. The number of piperazine rings is 1. The van der Waals surface area contributed by atoms with E-state index in [0.717, 1.165) is 32.4 Å². The molecule has 11 heteroatoms. The lowest BCUT2D eigenvalue weighted by molar-refractivity contribution is -0.145. The van der Waals surface area contributed by atoms with E-state index in [0.29, 0.717) is 37.4 Å². The number of Topliss-reactive ketones (excluding diaryl/α,β-unsaturated/α-hetero) is 1. The highest BCUT2D eigenvalue weighted by Crippen LogP contribution is 2.29. The van der Waals surface area contributed by atoms with Crippen LogP contribution in [0.4, 0.5) is 0 Å². The molecule has 0 radical (unpaired) electrons. The van der Waals surface area contributed by atoms with Crippen LogP contribution in [0.2, 0.25) is 0 Å². The van der Waals surface area contributed by atoms with Gasteiger partial charge in [-0.25, -0.2) is 4.98 Å². The first-order chi connectivity index (χ1) is 17.9. The van der Waals surface area contributed by atoms with Crippen molar-refractivity contribution in [2.45, 2.75) is 56.7 Å². The molecule has 5 N–H and O–H groups in total. The lowest BCUT2D eigenvalue weighted by atomic mass is 10.1. The van der Waals surface area contributed by atoms with Crippen LogP contribution >= 0.6 is 11.3 Å². The van der Waals surface area contributed by atoms with E-state index in [-0.39, 0.29) is 29.6 Å². The van der Waals surface area contributed by atoms with Gasteiger partial charge < -0.3 is 21.7 Å². The number of aromatic nitrogens is 1. The van der Waals surface area contributed by atoms with Crippen LogP contribution in [-0.4, -0.2) is 82.6 Å². The lowest BCUT2D eigenvalue weighted by Crippen LogP contribution is -2.59. The summed E-state index contributed by atoms with van der Waals surface area (Å²) in [6.07, 6.45) is 5.78. The van der Waals surface area contributed by atoms with Gasteiger partial charge in [0.25, 0.3) is 0 Å². The topological polar surface area (TPSA) is 147 Å². The Kier molecular flexibility index (Phi) is 9.24. The van der Waals surface area contributed by atoms with E-state index in [1.165, 1.54) is 16.9 Å². The van der Waals surface area contributed by atoms with Crippen molar-refractivity contribution in [1.29, 1.82) is 0 Å². The van der Waals surface area contributed by atoms with Crippen molar-refractivity contribution in [2.75, 3.05) is 26.2 Å². The zero-order valence-electron chi connectivity index (χ0n) is 20.9. The minimum absolute atomic E-state index is 0.0125. The van der Waals surface area contributed by atoms with Gasteiger partial charge in [0.15, 0.2) is 11.0 Å². The summed E-state index contributed by atoms with van der Waals surface area (Å²) < 4.78 is 0. The maximum atomic E-state index is 13.3. The van der Waals surface area contributed by atoms with Gasteiger partial charge in [0.2, 0.25) is 17.6 Å². The number of nitrogens with one attached hydrogen (secondary N) is 1. The second-order valence-electron chi connectivity index (χ2n) is 9.58. The predicted octanol–water partition coefficient (Wildman–Crippen LogP) is 1.17. The zero-order chi connectivity index (χ0) is 26.2. The van der Waals surface area contributed by atoms with Crippen LogP contribution in [0.5, 0.6) is 0 Å². The number of rotatable bonds is 12. The molecule has 3 unspecified atom stereocenters. The molecule has 3 atom stereocenters. The summed E-state index contributed by atoms with van der Waals surface area (Å²) in [5.74, 6) is -0.562. The van der Waals surface area contributed by atoms with Gasteiger partial charge in [-0.3, -0.25) is 24.3 Å². The van der Waals surface area contributed by atoms with Crippen LogP contribution in [0.1, 0.15) is 47.5 Å². The van der Waals surface area contributed by atoms with E-state index in [9.17, 15) is 14.4 Å². The van der Waals surface area contributed by atoms with E-state index < -0.39 is 12.1 Å². The number of guanidine groups is 1. The van der Waals surface area contributed by atoms with E-state index in [1.54, 1.807) is 16.5 Å². The van der Waals surface area contributed by atoms with Gasteiger partial charge in [-0.15, -0.1) is 11.3 Å². The van der Waals surface area contributed by atoms with Crippen LogP contribution in [0.25, 0.3) is 0 Å². The number of aliphatic imine (C=N–C) groups is 1. The summed E-state index contributed by atoms with van der Waals surface area (Å²) >= 11 is 1.24. The first-order valence-electron chi connectivity index (χ1n) is 12.8. The third kappa shape index (κ3) is 7.14. The van der Waals surface area contributed by atoms with E-state index in [2.05, 4.69) is 32.3 Å². The molecule has 4 rings (SSSR count). The van der Waals surface area contributed by atoms with E-state index >= 15 is 0 Å². The third-order valence-corrected chi connectivity index (χ3v) is 7.71. The standard InChI is InChI=1S/C26H35N7O3S/c27-26(28)30-12-4-9-20(23(35)25-29-13-15-37-25)31-24(36)21-11-10-19-16-32(17-22(34)33(19)21)14-5-8-18-6-2-1-3-7-18/h1-3,6-7,13,15,19-21H,4-5,8-12,14,16-17H2,(H,31,36)(H4,27,28,30). The van der Waals surface area contributed by atoms with Gasteiger partial charge >= 0.3 is 0 Å². The lowest BCUT2D eigenvalue weighted by Gasteiger charge is -2.39. The second kappa shape index (κ2) is 12.8. The SMILES string of the molecule is NC(N)=NCCCC(NC(=O)C1CCC2CN(CCCc3ccccc3)CC(=O)N21)C(=O)c1nccs1. The van der Waals surface area contributed by atoms with Crippen molar-refractivity contribution in [3.8, 4) is 0 Å². The molecule has 37 heavy (non-hydrogen) atoms. The number of thiazole rings is 1. The normalized spacial score (nSPS) is 20.3. The van der Waals surface area contributed by atoms with Crippen molar-refractivity contribution < 1.29 is 14.4 Å². The maximum absolute atomic E-state index is 13.3. The largest absolute Gasteiger partial charge is 0.370 e. The number of hydrogen-bond donors (Lipinski definition) is 3. The number of fused-ring (bicyclic) bond motifs is 1. The quantitative estimate of drug-likeness (QED) is 0.163. The Labute approximate surface area is 221 Å². The molecular formula is C26H35N7O3S. The molecule has 2 aromatic rings. The Morgan fingerprint density at radius 2 is 2.00 bits per heavy atom. The van der Waals surface area contributed by atoms with Crippen LogP contribution in [0, 0.1) is 0 Å². The smallest absolute Gasteiger partial charge is 0.243 e. The summed E-state index contributed by atoms with van der Waals surface area (Å²) in [4.78, 5) is 51.5. The Hall–Kier alpha value is -3.31. The third-order valence-electron chi connectivity index (χ3n) is 6.92. The molecule has 2 saturated heterocycles. The zero-order valence-corrected chi connectivity index (χ0v) is 21.7. The number of aryl methyl sites for hydroxylation is 1. The van der Waals surface area contributed by atoms with Crippen molar-refractivity contribution in [3.05, 3.63) is 52.5 Å². The van der Waals surface area contributed by atoms with Gasteiger partial charge in [0.1, 0.15) is 6.04 Å². The Morgan fingerprint density at radius 3 is 2.73 bits per heavy atom. The first kappa shape index (κ1) is 26.7. The van der Waals surface area contributed by atoms with Crippen molar-refractivity contribution in [3.63, 3.8) is 0 Å². The molecule has 2 aliphatic rings.